The van der Waals surface area contributed by atoms with Crippen LogP contribution in [0.4, 0.5) is 0 Å². The van der Waals surface area contributed by atoms with Crippen molar-refractivity contribution in [3.05, 3.63) is 41.8 Å². The first kappa shape index (κ1) is 33.5. The summed E-state index contributed by atoms with van der Waals surface area (Å²) in [4.78, 5) is 40.1. The van der Waals surface area contributed by atoms with Crippen LogP contribution < -0.4 is 11.1 Å². The highest BCUT2D eigenvalue weighted by Gasteiger charge is 2.36. The van der Waals surface area contributed by atoms with Crippen LogP contribution >= 0.6 is 0 Å². The van der Waals surface area contributed by atoms with Gasteiger partial charge in [0.25, 0.3) is 0 Å². The largest absolute Gasteiger partial charge is 0.348 e. The Balaban J connectivity index is 3.35. The van der Waals surface area contributed by atoms with Gasteiger partial charge in [-0.2, -0.15) is 0 Å². The second kappa shape index (κ2) is 14.5. The normalized spacial score (nSPS) is 14.9. The van der Waals surface area contributed by atoms with Crippen LogP contribution in [0.3, 0.4) is 0 Å². The van der Waals surface area contributed by atoms with Crippen LogP contribution in [0.25, 0.3) is 0 Å². The molecule has 0 bridgehead atoms. The summed E-state index contributed by atoms with van der Waals surface area (Å²) in [7, 11) is -7.30. The standard InChI is InChI=1S/C26H41N3O7S2/c1-18(2)16-23(27)26(32)29(20(5)30)24(17-19(3)4)25(31)28-21(12-14-37(6,33)34)13-15-38(35,36)22-10-8-7-9-11-22/h7-11,13,15,18-19,21,23-24H,12,14,16-17,27H2,1-6H3,(H,28,31)/b15-13+/t21-,23-,24-/m0/s1. The van der Waals surface area contributed by atoms with Crippen LogP contribution in [0.5, 0.6) is 0 Å². The third-order valence-corrected chi connectivity index (χ3v) is 8.04. The fourth-order valence-electron chi connectivity index (χ4n) is 3.82. The third-order valence-electron chi connectivity index (χ3n) is 5.62. The lowest BCUT2D eigenvalue weighted by atomic mass is 9.98. The van der Waals surface area contributed by atoms with Gasteiger partial charge in [-0.05, 0) is 43.2 Å². The number of sulfone groups is 2. The summed E-state index contributed by atoms with van der Waals surface area (Å²) in [6.07, 6.45) is 2.58. The SMILES string of the molecule is CC(=O)N(C(=O)[C@@H](N)CC(C)C)[C@@H](CC(C)C)C(=O)N[C@H](/C=C/S(=O)(=O)c1ccccc1)CCS(C)(=O)=O. The van der Waals surface area contributed by atoms with E-state index in [1.807, 2.05) is 27.7 Å². The van der Waals surface area contributed by atoms with E-state index < -0.39 is 55.5 Å². The van der Waals surface area contributed by atoms with Gasteiger partial charge in [0.1, 0.15) is 15.9 Å². The van der Waals surface area contributed by atoms with Gasteiger partial charge in [-0.1, -0.05) is 52.0 Å². The number of rotatable bonds is 14. The average molecular weight is 572 g/mol. The van der Waals surface area contributed by atoms with Crippen LogP contribution in [0.1, 0.15) is 53.9 Å². The summed E-state index contributed by atoms with van der Waals surface area (Å²) in [5.41, 5.74) is 6.05. The third kappa shape index (κ3) is 11.4. The number of hydrogen-bond donors (Lipinski definition) is 2. The molecule has 0 aromatic heterocycles. The van der Waals surface area contributed by atoms with E-state index in [0.29, 0.717) is 6.42 Å². The zero-order valence-corrected chi connectivity index (χ0v) is 24.6. The van der Waals surface area contributed by atoms with Crippen molar-refractivity contribution in [1.82, 2.24) is 10.2 Å². The van der Waals surface area contributed by atoms with Crippen LogP contribution in [0.15, 0.2) is 46.7 Å². The highest BCUT2D eigenvalue weighted by Crippen LogP contribution is 2.17. The maximum atomic E-state index is 13.5. The van der Waals surface area contributed by atoms with Crippen molar-refractivity contribution in [1.29, 1.82) is 0 Å². The van der Waals surface area contributed by atoms with E-state index in [1.165, 1.54) is 25.1 Å². The Labute approximate surface area is 226 Å². The smallest absolute Gasteiger partial charge is 0.246 e. The van der Waals surface area contributed by atoms with E-state index in [4.69, 9.17) is 5.73 Å². The van der Waals surface area contributed by atoms with Gasteiger partial charge in [-0.15, -0.1) is 0 Å². The van der Waals surface area contributed by atoms with E-state index in [9.17, 15) is 31.2 Å². The molecule has 0 aliphatic rings. The Morgan fingerprint density at radius 3 is 2.00 bits per heavy atom. The van der Waals surface area contributed by atoms with Crippen molar-refractivity contribution in [3.63, 3.8) is 0 Å². The van der Waals surface area contributed by atoms with Crippen molar-refractivity contribution in [2.24, 2.45) is 17.6 Å². The highest BCUT2D eigenvalue weighted by atomic mass is 32.2. The second-order valence-corrected chi connectivity index (χ2v) is 14.4. The molecule has 0 radical (unpaired) electrons. The molecule has 0 unspecified atom stereocenters. The zero-order chi connectivity index (χ0) is 29.3. The van der Waals surface area contributed by atoms with Gasteiger partial charge in [-0.25, -0.2) is 16.8 Å². The molecule has 214 valence electrons. The van der Waals surface area contributed by atoms with Gasteiger partial charge in [0.15, 0.2) is 9.84 Å². The number of benzene rings is 1. The monoisotopic (exact) mass is 571 g/mol. The van der Waals surface area contributed by atoms with Gasteiger partial charge in [0.05, 0.1) is 16.7 Å². The molecule has 0 saturated heterocycles. The Bertz CT molecular complexity index is 1190. The van der Waals surface area contributed by atoms with E-state index in [-0.39, 0.29) is 35.3 Å². The molecule has 1 aromatic rings. The molecule has 0 fully saturated rings. The molecule has 0 spiro atoms. The fourth-order valence-corrected chi connectivity index (χ4v) is 5.59. The summed E-state index contributed by atoms with van der Waals surface area (Å²) >= 11 is 0. The maximum Gasteiger partial charge on any atom is 0.246 e. The first-order chi connectivity index (χ1) is 17.4. The number of hydrogen-bond acceptors (Lipinski definition) is 8. The maximum absolute atomic E-state index is 13.5. The quantitative estimate of drug-likeness (QED) is 0.343. The first-order valence-electron chi connectivity index (χ1n) is 12.5. The lowest BCUT2D eigenvalue weighted by Gasteiger charge is -2.32. The van der Waals surface area contributed by atoms with Crippen molar-refractivity contribution >= 4 is 37.4 Å². The summed E-state index contributed by atoms with van der Waals surface area (Å²) in [5, 5.41) is 3.56. The van der Waals surface area contributed by atoms with E-state index >= 15 is 0 Å². The lowest BCUT2D eigenvalue weighted by Crippen LogP contribution is -2.57. The van der Waals surface area contributed by atoms with Crippen LogP contribution in [-0.2, 0) is 34.1 Å². The van der Waals surface area contributed by atoms with Crippen molar-refractivity contribution in [2.45, 2.75) is 76.9 Å². The minimum atomic E-state index is -3.87. The van der Waals surface area contributed by atoms with Crippen molar-refractivity contribution in [3.8, 4) is 0 Å². The molecule has 1 aromatic carbocycles. The Kier molecular flexibility index (Phi) is 12.8. The van der Waals surface area contributed by atoms with Crippen molar-refractivity contribution < 1.29 is 31.2 Å². The molecule has 3 atom stereocenters. The number of nitrogens with zero attached hydrogens (tertiary/aromatic N) is 1. The minimum absolute atomic E-state index is 0.0367. The molecule has 1 rings (SSSR count). The Morgan fingerprint density at radius 1 is 0.974 bits per heavy atom. The molecule has 3 amide bonds. The number of nitrogens with two attached hydrogens (primary N) is 1. The van der Waals surface area contributed by atoms with Gasteiger partial charge in [0, 0.05) is 24.6 Å². The fraction of sp³-hybridized carbons (Fsp3) is 0.577. The second-order valence-electron chi connectivity index (χ2n) is 10.3. The number of nitrogens with one attached hydrogen (secondary N) is 1. The van der Waals surface area contributed by atoms with Gasteiger partial charge < -0.3 is 11.1 Å². The molecule has 38 heavy (non-hydrogen) atoms. The predicted octanol–water partition coefficient (Wildman–Crippen LogP) is 2.06. The number of amides is 3. The molecule has 12 heteroatoms. The van der Waals surface area contributed by atoms with Gasteiger partial charge in [0.2, 0.25) is 17.7 Å². The highest BCUT2D eigenvalue weighted by molar-refractivity contribution is 7.94. The van der Waals surface area contributed by atoms with Crippen LogP contribution in [0, 0.1) is 11.8 Å². The van der Waals surface area contributed by atoms with E-state index in [1.54, 1.807) is 18.2 Å². The molecule has 0 saturated carbocycles. The molecule has 0 aliphatic carbocycles. The van der Waals surface area contributed by atoms with Gasteiger partial charge >= 0.3 is 0 Å². The van der Waals surface area contributed by atoms with Gasteiger partial charge in [-0.3, -0.25) is 19.3 Å². The van der Waals surface area contributed by atoms with Crippen molar-refractivity contribution in [2.75, 3.05) is 12.0 Å². The Hall–Kier alpha value is -2.57. The van der Waals surface area contributed by atoms with E-state index in [2.05, 4.69) is 5.32 Å². The number of carbonyl (C=O) groups excluding carboxylic acids is 3. The summed E-state index contributed by atoms with van der Waals surface area (Å²) < 4.78 is 49.1. The summed E-state index contributed by atoms with van der Waals surface area (Å²) in [6, 6.07) is 4.44. The minimum Gasteiger partial charge on any atom is -0.348 e. The molecule has 10 nitrogen and oxygen atoms in total. The summed E-state index contributed by atoms with van der Waals surface area (Å²) in [5.74, 6) is -2.37. The van der Waals surface area contributed by atoms with E-state index in [0.717, 1.165) is 16.6 Å². The average Bonchev–Trinajstić information content (AvgIpc) is 2.79. The zero-order valence-electron chi connectivity index (χ0n) is 23.0. The molecule has 0 heterocycles. The molecule has 0 aliphatic heterocycles. The molecular weight excluding hydrogens is 530 g/mol. The Morgan fingerprint density at radius 2 is 1.53 bits per heavy atom. The topological polar surface area (TPSA) is 161 Å². The van der Waals surface area contributed by atoms with Crippen LogP contribution in [-0.4, -0.2) is 69.6 Å². The molecular formula is C26H41N3O7S2. The first-order valence-corrected chi connectivity index (χ1v) is 16.1. The number of imide groups is 1. The lowest BCUT2D eigenvalue weighted by molar-refractivity contribution is -0.152. The predicted molar refractivity (Wildman–Crippen MR) is 147 cm³/mol. The number of carbonyl (C=O) groups is 3. The summed E-state index contributed by atoms with van der Waals surface area (Å²) in [6.45, 7) is 8.58. The molecule has 3 N–H and O–H groups in total. The van der Waals surface area contributed by atoms with Crippen LogP contribution in [0.2, 0.25) is 0 Å².